The molecule has 0 amide bonds. The lowest BCUT2D eigenvalue weighted by molar-refractivity contribution is 0.0178. The molecule has 0 rings (SSSR count). The zero-order valence-corrected chi connectivity index (χ0v) is 8.02. The van der Waals surface area contributed by atoms with E-state index in [9.17, 15) is 0 Å². The van der Waals surface area contributed by atoms with E-state index in [1.165, 1.54) is 12.8 Å². The van der Waals surface area contributed by atoms with Gasteiger partial charge in [0.1, 0.15) is 0 Å². The van der Waals surface area contributed by atoms with Crippen molar-refractivity contribution in [3.63, 3.8) is 0 Å². The van der Waals surface area contributed by atoms with Crippen LogP contribution in [0.15, 0.2) is 12.7 Å². The minimum atomic E-state index is -0.145. The largest absolute Gasteiger partial charge is 0.372 e. The summed E-state index contributed by atoms with van der Waals surface area (Å²) in [5.74, 6) is 0. The molecule has 0 unspecified atom stereocenters. The Hall–Kier alpha value is -0.300. The molecular weight excluding hydrogens is 136 g/mol. The zero-order valence-electron chi connectivity index (χ0n) is 8.02. The summed E-state index contributed by atoms with van der Waals surface area (Å²) in [6, 6.07) is 0. The normalized spacial score (nSPS) is 11.5. The molecule has 0 atom stereocenters. The monoisotopic (exact) mass is 156 g/mol. The number of rotatable bonds is 6. The molecule has 66 valence electrons. The Bertz CT molecular complexity index is 105. The van der Waals surface area contributed by atoms with Crippen LogP contribution in [0.3, 0.4) is 0 Å². The average Bonchev–Trinajstić information content (AvgIpc) is 1.99. The second kappa shape index (κ2) is 5.36. The highest BCUT2D eigenvalue weighted by Gasteiger charge is 2.11. The Morgan fingerprint density at radius 1 is 1.36 bits per heavy atom. The molecule has 0 N–H and O–H groups in total. The Morgan fingerprint density at radius 3 is 2.45 bits per heavy atom. The van der Waals surface area contributed by atoms with Gasteiger partial charge in [-0.15, -0.1) is 6.58 Å². The number of unbranched alkanes of at least 4 members (excludes halogenated alkanes) is 2. The maximum atomic E-state index is 5.56. The summed E-state index contributed by atoms with van der Waals surface area (Å²) in [5.41, 5.74) is -0.145. The molecule has 0 radical (unpaired) electrons. The molecule has 11 heavy (non-hydrogen) atoms. The first-order chi connectivity index (χ1) is 5.12. The summed E-state index contributed by atoms with van der Waals surface area (Å²) >= 11 is 0. The lowest BCUT2D eigenvalue weighted by Crippen LogP contribution is -2.21. The molecule has 0 saturated heterocycles. The molecule has 1 heteroatoms. The highest BCUT2D eigenvalue weighted by atomic mass is 16.5. The van der Waals surface area contributed by atoms with Crippen LogP contribution >= 0.6 is 0 Å². The zero-order chi connectivity index (χ0) is 8.74. The van der Waals surface area contributed by atoms with E-state index in [1.807, 2.05) is 19.9 Å². The maximum Gasteiger partial charge on any atom is 0.0803 e. The summed E-state index contributed by atoms with van der Waals surface area (Å²) in [7, 11) is 0. The third-order valence-corrected chi connectivity index (χ3v) is 1.71. The third-order valence-electron chi connectivity index (χ3n) is 1.71. The van der Waals surface area contributed by atoms with Crippen LogP contribution < -0.4 is 0 Å². The van der Waals surface area contributed by atoms with Crippen molar-refractivity contribution in [2.75, 3.05) is 6.61 Å². The number of hydrogen-bond acceptors (Lipinski definition) is 1. The summed E-state index contributed by atoms with van der Waals surface area (Å²) in [6.45, 7) is 10.8. The van der Waals surface area contributed by atoms with Crippen LogP contribution in [0.25, 0.3) is 0 Å². The molecule has 0 bridgehead atoms. The highest BCUT2D eigenvalue weighted by Crippen LogP contribution is 2.10. The van der Waals surface area contributed by atoms with Gasteiger partial charge in [0.05, 0.1) is 5.60 Å². The fraction of sp³-hybridized carbons (Fsp3) is 0.800. The molecule has 0 saturated carbocycles. The molecule has 0 aliphatic rings. The van der Waals surface area contributed by atoms with Crippen LogP contribution in [-0.4, -0.2) is 12.2 Å². The SMILES string of the molecule is C=CC(C)(C)OCCCCC. The van der Waals surface area contributed by atoms with Crippen molar-refractivity contribution in [2.24, 2.45) is 0 Å². The first-order valence-corrected chi connectivity index (χ1v) is 4.40. The number of ether oxygens (including phenoxy) is 1. The van der Waals surface area contributed by atoms with Crippen LogP contribution in [0.4, 0.5) is 0 Å². The van der Waals surface area contributed by atoms with Gasteiger partial charge in [0, 0.05) is 6.61 Å². The summed E-state index contributed by atoms with van der Waals surface area (Å²) in [5, 5.41) is 0. The second-order valence-electron chi connectivity index (χ2n) is 3.36. The maximum absolute atomic E-state index is 5.56. The van der Waals surface area contributed by atoms with E-state index in [1.54, 1.807) is 0 Å². The highest BCUT2D eigenvalue weighted by molar-refractivity contribution is 4.89. The van der Waals surface area contributed by atoms with Gasteiger partial charge in [-0.1, -0.05) is 25.8 Å². The Balaban J connectivity index is 3.30. The molecule has 1 nitrogen and oxygen atoms in total. The van der Waals surface area contributed by atoms with Gasteiger partial charge in [0.15, 0.2) is 0 Å². The van der Waals surface area contributed by atoms with Crippen molar-refractivity contribution in [3.8, 4) is 0 Å². The summed E-state index contributed by atoms with van der Waals surface area (Å²) < 4.78 is 5.56. The molecule has 0 aromatic carbocycles. The number of hydrogen-bond donors (Lipinski definition) is 0. The standard InChI is InChI=1S/C10H20O/c1-5-7-8-9-11-10(3,4)6-2/h6H,2,5,7-9H2,1,3-4H3. The van der Waals surface area contributed by atoms with Crippen molar-refractivity contribution in [1.29, 1.82) is 0 Å². The summed E-state index contributed by atoms with van der Waals surface area (Å²) in [4.78, 5) is 0. The van der Waals surface area contributed by atoms with Crippen molar-refractivity contribution < 1.29 is 4.74 Å². The Labute approximate surface area is 70.4 Å². The molecular formula is C10H20O. The molecule has 0 fully saturated rings. The van der Waals surface area contributed by atoms with Crippen molar-refractivity contribution in [3.05, 3.63) is 12.7 Å². The van der Waals surface area contributed by atoms with Crippen LogP contribution in [0.5, 0.6) is 0 Å². The van der Waals surface area contributed by atoms with Gasteiger partial charge in [-0.05, 0) is 20.3 Å². The first-order valence-electron chi connectivity index (χ1n) is 4.40. The van der Waals surface area contributed by atoms with Gasteiger partial charge in [-0.25, -0.2) is 0 Å². The Kier molecular flexibility index (Phi) is 5.22. The fourth-order valence-electron chi connectivity index (χ4n) is 0.746. The smallest absolute Gasteiger partial charge is 0.0803 e. The fourth-order valence-corrected chi connectivity index (χ4v) is 0.746. The quantitative estimate of drug-likeness (QED) is 0.424. The van der Waals surface area contributed by atoms with Gasteiger partial charge in [0.25, 0.3) is 0 Å². The van der Waals surface area contributed by atoms with Gasteiger partial charge >= 0.3 is 0 Å². The molecule has 0 aliphatic carbocycles. The Morgan fingerprint density at radius 2 is 2.00 bits per heavy atom. The van der Waals surface area contributed by atoms with Crippen molar-refractivity contribution in [2.45, 2.75) is 45.6 Å². The van der Waals surface area contributed by atoms with E-state index in [2.05, 4.69) is 13.5 Å². The van der Waals surface area contributed by atoms with Gasteiger partial charge in [-0.3, -0.25) is 0 Å². The second-order valence-corrected chi connectivity index (χ2v) is 3.36. The van der Waals surface area contributed by atoms with E-state index in [-0.39, 0.29) is 5.60 Å². The minimum absolute atomic E-state index is 0.145. The predicted molar refractivity (Wildman–Crippen MR) is 49.8 cm³/mol. The molecule has 0 aliphatic heterocycles. The van der Waals surface area contributed by atoms with Crippen molar-refractivity contribution in [1.82, 2.24) is 0 Å². The van der Waals surface area contributed by atoms with Crippen LogP contribution in [0.2, 0.25) is 0 Å². The molecule has 0 spiro atoms. The molecule has 0 aromatic heterocycles. The van der Waals surface area contributed by atoms with Crippen LogP contribution in [-0.2, 0) is 4.74 Å². The van der Waals surface area contributed by atoms with Crippen molar-refractivity contribution >= 4 is 0 Å². The van der Waals surface area contributed by atoms with Gasteiger partial charge in [0.2, 0.25) is 0 Å². The molecule has 0 heterocycles. The third kappa shape index (κ3) is 6.11. The lowest BCUT2D eigenvalue weighted by atomic mass is 10.1. The topological polar surface area (TPSA) is 9.23 Å². The van der Waals surface area contributed by atoms with Gasteiger partial charge in [-0.2, -0.15) is 0 Å². The average molecular weight is 156 g/mol. The van der Waals surface area contributed by atoms with E-state index in [0.717, 1.165) is 13.0 Å². The minimum Gasteiger partial charge on any atom is -0.372 e. The van der Waals surface area contributed by atoms with E-state index >= 15 is 0 Å². The lowest BCUT2D eigenvalue weighted by Gasteiger charge is -2.20. The first kappa shape index (κ1) is 10.7. The summed E-state index contributed by atoms with van der Waals surface area (Å²) in [6.07, 6.45) is 5.51. The van der Waals surface area contributed by atoms with E-state index in [4.69, 9.17) is 4.74 Å². The van der Waals surface area contributed by atoms with E-state index < -0.39 is 0 Å². The van der Waals surface area contributed by atoms with Gasteiger partial charge < -0.3 is 4.74 Å². The predicted octanol–water partition coefficient (Wildman–Crippen LogP) is 3.16. The van der Waals surface area contributed by atoms with Crippen LogP contribution in [0, 0.1) is 0 Å². The van der Waals surface area contributed by atoms with E-state index in [0.29, 0.717) is 0 Å². The molecule has 0 aromatic rings. The van der Waals surface area contributed by atoms with Crippen LogP contribution in [0.1, 0.15) is 40.0 Å².